The van der Waals surface area contributed by atoms with Crippen LogP contribution in [-0.2, 0) is 0 Å². The standard InChI is InChI=1S/C9H15F3N2/c1-6(2)5-7(13)3-4-8(14)9(10,11)12/h3-4,6H,5,13-14H2,1-2H3/b7-3-,8-4-. The molecule has 82 valence electrons. The van der Waals surface area contributed by atoms with E-state index in [4.69, 9.17) is 11.5 Å². The fourth-order valence-corrected chi connectivity index (χ4v) is 0.831. The van der Waals surface area contributed by atoms with Crippen LogP contribution in [-0.4, -0.2) is 6.18 Å². The van der Waals surface area contributed by atoms with Crippen molar-refractivity contribution in [3.63, 3.8) is 0 Å². The van der Waals surface area contributed by atoms with Crippen LogP contribution < -0.4 is 11.5 Å². The number of hydrogen-bond acceptors (Lipinski definition) is 2. The molecule has 0 spiro atoms. The molecule has 0 aromatic heterocycles. The number of alkyl halides is 3. The molecule has 0 aliphatic heterocycles. The molecule has 0 heterocycles. The van der Waals surface area contributed by atoms with E-state index in [9.17, 15) is 13.2 Å². The van der Waals surface area contributed by atoms with E-state index >= 15 is 0 Å². The average Bonchev–Trinajstić information content (AvgIpc) is 1.96. The van der Waals surface area contributed by atoms with Crippen molar-refractivity contribution < 1.29 is 13.2 Å². The van der Waals surface area contributed by atoms with Gasteiger partial charge in [0.2, 0.25) is 0 Å². The number of nitrogens with two attached hydrogens (primary N) is 2. The molecule has 0 rings (SSSR count). The Kier molecular flexibility index (Phi) is 4.53. The first-order chi connectivity index (χ1) is 6.23. The first kappa shape index (κ1) is 12.9. The van der Waals surface area contributed by atoms with Crippen LogP contribution in [0.1, 0.15) is 20.3 Å². The predicted octanol–water partition coefficient (Wildman–Crippen LogP) is 2.28. The molecule has 0 aromatic rings. The van der Waals surface area contributed by atoms with Gasteiger partial charge in [0.05, 0.1) is 0 Å². The maximum absolute atomic E-state index is 11.9. The zero-order chi connectivity index (χ0) is 11.4. The van der Waals surface area contributed by atoms with Gasteiger partial charge in [0.1, 0.15) is 5.70 Å². The van der Waals surface area contributed by atoms with Crippen LogP contribution in [0.2, 0.25) is 0 Å². The second kappa shape index (κ2) is 4.93. The molecule has 0 aliphatic carbocycles. The molecular formula is C9H15F3N2. The summed E-state index contributed by atoms with van der Waals surface area (Å²) < 4.78 is 35.7. The lowest BCUT2D eigenvalue weighted by molar-refractivity contribution is -0.0926. The molecule has 4 N–H and O–H groups in total. The first-order valence-electron chi connectivity index (χ1n) is 4.22. The van der Waals surface area contributed by atoms with E-state index in [-0.39, 0.29) is 0 Å². The Bertz CT molecular complexity index is 239. The van der Waals surface area contributed by atoms with E-state index in [0.717, 1.165) is 6.08 Å². The largest absolute Gasteiger partial charge is 0.430 e. The van der Waals surface area contributed by atoms with Crippen molar-refractivity contribution >= 4 is 0 Å². The summed E-state index contributed by atoms with van der Waals surface area (Å²) in [5.41, 5.74) is 9.49. The first-order valence-corrected chi connectivity index (χ1v) is 4.22. The molecular weight excluding hydrogens is 193 g/mol. The zero-order valence-corrected chi connectivity index (χ0v) is 8.23. The molecule has 14 heavy (non-hydrogen) atoms. The molecule has 0 unspecified atom stereocenters. The van der Waals surface area contributed by atoms with Gasteiger partial charge in [-0.1, -0.05) is 13.8 Å². The number of halogens is 3. The van der Waals surface area contributed by atoms with Crippen molar-refractivity contribution in [1.29, 1.82) is 0 Å². The van der Waals surface area contributed by atoms with Crippen LogP contribution in [0.15, 0.2) is 23.5 Å². The van der Waals surface area contributed by atoms with Crippen LogP contribution in [0.4, 0.5) is 13.2 Å². The smallest absolute Gasteiger partial charge is 0.402 e. The molecule has 0 bridgehead atoms. The third kappa shape index (κ3) is 5.50. The normalized spacial score (nSPS) is 15.0. The summed E-state index contributed by atoms with van der Waals surface area (Å²) >= 11 is 0. The minimum atomic E-state index is -4.48. The molecule has 0 saturated heterocycles. The Labute approximate surface area is 81.5 Å². The molecule has 0 radical (unpaired) electrons. The van der Waals surface area contributed by atoms with Gasteiger partial charge >= 0.3 is 6.18 Å². The summed E-state index contributed by atoms with van der Waals surface area (Å²) in [6, 6.07) is 0. The summed E-state index contributed by atoms with van der Waals surface area (Å²) in [6.07, 6.45) is -1.93. The van der Waals surface area contributed by atoms with Gasteiger partial charge < -0.3 is 11.5 Å². The van der Waals surface area contributed by atoms with Gasteiger partial charge in [0, 0.05) is 5.70 Å². The van der Waals surface area contributed by atoms with Crippen LogP contribution in [0.3, 0.4) is 0 Å². The monoisotopic (exact) mass is 208 g/mol. The Hall–Kier alpha value is -1.13. The SMILES string of the molecule is CC(C)C/C(N)=C/C=C(\N)C(F)(F)F. The molecule has 0 aromatic carbocycles. The van der Waals surface area contributed by atoms with Gasteiger partial charge in [-0.05, 0) is 24.5 Å². The Morgan fingerprint density at radius 2 is 1.71 bits per heavy atom. The number of rotatable bonds is 3. The Morgan fingerprint density at radius 3 is 2.07 bits per heavy atom. The maximum atomic E-state index is 11.9. The van der Waals surface area contributed by atoms with E-state index in [0.29, 0.717) is 18.0 Å². The van der Waals surface area contributed by atoms with Crippen molar-refractivity contribution in [3.05, 3.63) is 23.5 Å². The lowest BCUT2D eigenvalue weighted by Crippen LogP contribution is -2.19. The summed E-state index contributed by atoms with van der Waals surface area (Å²) in [4.78, 5) is 0. The summed E-state index contributed by atoms with van der Waals surface area (Å²) in [5.74, 6) is 0.312. The van der Waals surface area contributed by atoms with Gasteiger partial charge in [0.15, 0.2) is 0 Å². The highest BCUT2D eigenvalue weighted by Gasteiger charge is 2.30. The maximum Gasteiger partial charge on any atom is 0.430 e. The van der Waals surface area contributed by atoms with Crippen LogP contribution >= 0.6 is 0 Å². The topological polar surface area (TPSA) is 52.0 Å². The van der Waals surface area contributed by atoms with Crippen molar-refractivity contribution in [1.82, 2.24) is 0 Å². The minimum absolute atomic E-state index is 0.312. The third-order valence-corrected chi connectivity index (χ3v) is 1.45. The molecule has 0 aliphatic rings. The van der Waals surface area contributed by atoms with Gasteiger partial charge in [-0.15, -0.1) is 0 Å². The lowest BCUT2D eigenvalue weighted by atomic mass is 10.1. The summed E-state index contributed by atoms with van der Waals surface area (Å²) in [5, 5.41) is 0. The van der Waals surface area contributed by atoms with Gasteiger partial charge in [-0.25, -0.2) is 0 Å². The van der Waals surface area contributed by atoms with Crippen molar-refractivity contribution in [2.24, 2.45) is 17.4 Å². The molecule has 0 fully saturated rings. The van der Waals surface area contributed by atoms with E-state index < -0.39 is 11.9 Å². The average molecular weight is 208 g/mol. The van der Waals surface area contributed by atoms with E-state index in [1.807, 2.05) is 13.8 Å². The van der Waals surface area contributed by atoms with Gasteiger partial charge in [0.25, 0.3) is 0 Å². The predicted molar refractivity (Wildman–Crippen MR) is 50.1 cm³/mol. The highest BCUT2D eigenvalue weighted by molar-refractivity contribution is 5.17. The molecule has 0 atom stereocenters. The Balaban J connectivity index is 4.39. The van der Waals surface area contributed by atoms with Crippen LogP contribution in [0.25, 0.3) is 0 Å². The third-order valence-electron chi connectivity index (χ3n) is 1.45. The number of hydrogen-bond donors (Lipinski definition) is 2. The quantitative estimate of drug-likeness (QED) is 0.699. The fourth-order valence-electron chi connectivity index (χ4n) is 0.831. The van der Waals surface area contributed by atoms with Gasteiger partial charge in [-0.2, -0.15) is 13.2 Å². The van der Waals surface area contributed by atoms with Crippen LogP contribution in [0.5, 0.6) is 0 Å². The fraction of sp³-hybridized carbons (Fsp3) is 0.556. The molecule has 2 nitrogen and oxygen atoms in total. The zero-order valence-electron chi connectivity index (χ0n) is 8.23. The molecule has 5 heteroatoms. The summed E-state index contributed by atoms with van der Waals surface area (Å²) in [7, 11) is 0. The summed E-state index contributed by atoms with van der Waals surface area (Å²) in [6.45, 7) is 3.86. The van der Waals surface area contributed by atoms with Crippen molar-refractivity contribution in [2.45, 2.75) is 26.4 Å². The second-order valence-electron chi connectivity index (χ2n) is 3.46. The van der Waals surface area contributed by atoms with Gasteiger partial charge in [-0.3, -0.25) is 0 Å². The number of allylic oxidation sites excluding steroid dienone is 4. The lowest BCUT2D eigenvalue weighted by Gasteiger charge is -2.06. The molecule has 0 saturated carbocycles. The van der Waals surface area contributed by atoms with E-state index in [1.165, 1.54) is 6.08 Å². The van der Waals surface area contributed by atoms with E-state index in [1.54, 1.807) is 0 Å². The second-order valence-corrected chi connectivity index (χ2v) is 3.46. The molecule has 0 amide bonds. The van der Waals surface area contributed by atoms with Crippen LogP contribution in [0, 0.1) is 5.92 Å². The minimum Gasteiger partial charge on any atom is -0.402 e. The van der Waals surface area contributed by atoms with E-state index in [2.05, 4.69) is 0 Å². The highest BCUT2D eigenvalue weighted by Crippen LogP contribution is 2.21. The van der Waals surface area contributed by atoms with Crippen molar-refractivity contribution in [3.8, 4) is 0 Å². The highest BCUT2D eigenvalue weighted by atomic mass is 19.4. The Morgan fingerprint density at radius 1 is 1.21 bits per heavy atom. The van der Waals surface area contributed by atoms with Crippen molar-refractivity contribution in [2.75, 3.05) is 0 Å².